The standard InChI is InChI=1S/C14H18F3NO2/c1-9(2)18(5-3-4-13(19)20)8-10-6-11(15)14(17)12(16)7-10/h6-7,9H,3-5,8H2,1-2H3,(H,19,20). The van der Waals surface area contributed by atoms with E-state index in [1.165, 1.54) is 0 Å². The average Bonchev–Trinajstić information content (AvgIpc) is 2.34. The SMILES string of the molecule is CC(C)N(CCCC(=O)O)Cc1cc(F)c(F)c(F)c1. The van der Waals surface area contributed by atoms with Gasteiger partial charge in [0.2, 0.25) is 0 Å². The molecule has 0 atom stereocenters. The maximum absolute atomic E-state index is 13.1. The molecule has 112 valence electrons. The molecule has 0 spiro atoms. The van der Waals surface area contributed by atoms with Crippen molar-refractivity contribution in [1.82, 2.24) is 4.90 Å². The van der Waals surface area contributed by atoms with Crippen molar-refractivity contribution < 1.29 is 23.1 Å². The normalized spacial score (nSPS) is 11.3. The first-order chi connectivity index (χ1) is 9.31. The summed E-state index contributed by atoms with van der Waals surface area (Å²) in [6.45, 7) is 4.53. The summed E-state index contributed by atoms with van der Waals surface area (Å²) in [7, 11) is 0. The third kappa shape index (κ3) is 4.85. The first-order valence-corrected chi connectivity index (χ1v) is 6.40. The lowest BCUT2D eigenvalue weighted by molar-refractivity contribution is -0.137. The van der Waals surface area contributed by atoms with Crippen LogP contribution in [0.4, 0.5) is 13.2 Å². The summed E-state index contributed by atoms with van der Waals surface area (Å²) >= 11 is 0. The van der Waals surface area contributed by atoms with Crippen LogP contribution in [0.2, 0.25) is 0 Å². The Balaban J connectivity index is 2.73. The van der Waals surface area contributed by atoms with Crippen LogP contribution < -0.4 is 0 Å². The molecule has 0 fully saturated rings. The highest BCUT2D eigenvalue weighted by atomic mass is 19.2. The summed E-state index contributed by atoms with van der Waals surface area (Å²) in [5.74, 6) is -4.79. The van der Waals surface area contributed by atoms with Crippen LogP contribution in [0.25, 0.3) is 0 Å². The number of nitrogens with zero attached hydrogens (tertiary/aromatic N) is 1. The van der Waals surface area contributed by atoms with Gasteiger partial charge in [-0.15, -0.1) is 0 Å². The molecule has 0 heterocycles. The molecule has 1 N–H and O–H groups in total. The Morgan fingerprint density at radius 1 is 1.25 bits per heavy atom. The van der Waals surface area contributed by atoms with Crippen molar-refractivity contribution in [3.63, 3.8) is 0 Å². The minimum atomic E-state index is -1.48. The molecule has 0 bridgehead atoms. The fourth-order valence-electron chi connectivity index (χ4n) is 1.89. The molecular weight excluding hydrogens is 271 g/mol. The third-order valence-electron chi connectivity index (χ3n) is 3.00. The fraction of sp³-hybridized carbons (Fsp3) is 0.500. The minimum Gasteiger partial charge on any atom is -0.481 e. The van der Waals surface area contributed by atoms with Gasteiger partial charge in [-0.1, -0.05) is 0 Å². The predicted molar refractivity (Wildman–Crippen MR) is 68.7 cm³/mol. The monoisotopic (exact) mass is 289 g/mol. The Bertz CT molecular complexity index is 454. The molecule has 0 aliphatic heterocycles. The lowest BCUT2D eigenvalue weighted by Gasteiger charge is -2.26. The van der Waals surface area contributed by atoms with Crippen molar-refractivity contribution >= 4 is 5.97 Å². The molecule has 1 rings (SSSR count). The molecule has 1 aromatic carbocycles. The van der Waals surface area contributed by atoms with E-state index in [-0.39, 0.29) is 19.0 Å². The number of halogens is 3. The van der Waals surface area contributed by atoms with E-state index >= 15 is 0 Å². The van der Waals surface area contributed by atoms with Gasteiger partial charge in [0.15, 0.2) is 17.5 Å². The van der Waals surface area contributed by atoms with Crippen molar-refractivity contribution in [1.29, 1.82) is 0 Å². The summed E-state index contributed by atoms with van der Waals surface area (Å²) in [6.07, 6.45) is 0.481. The van der Waals surface area contributed by atoms with E-state index in [1.807, 2.05) is 18.7 Å². The van der Waals surface area contributed by atoms with Crippen LogP contribution in [-0.4, -0.2) is 28.6 Å². The average molecular weight is 289 g/mol. The first kappa shape index (κ1) is 16.5. The Labute approximate surface area is 116 Å². The summed E-state index contributed by atoms with van der Waals surface area (Å²) in [5.41, 5.74) is 0.324. The molecule has 0 amide bonds. The second kappa shape index (κ2) is 7.28. The predicted octanol–water partition coefficient (Wildman–Crippen LogP) is 3.18. The number of hydrogen-bond acceptors (Lipinski definition) is 2. The van der Waals surface area contributed by atoms with E-state index < -0.39 is 23.4 Å². The number of carbonyl (C=O) groups is 1. The molecule has 0 saturated carbocycles. The summed E-state index contributed by atoms with van der Waals surface area (Å²) in [5, 5.41) is 8.60. The molecule has 0 aromatic heterocycles. The Morgan fingerprint density at radius 3 is 2.25 bits per heavy atom. The number of benzene rings is 1. The lowest BCUT2D eigenvalue weighted by Crippen LogP contribution is -2.31. The van der Waals surface area contributed by atoms with Gasteiger partial charge < -0.3 is 5.11 Å². The van der Waals surface area contributed by atoms with Gasteiger partial charge in [-0.25, -0.2) is 13.2 Å². The quantitative estimate of drug-likeness (QED) is 0.784. The van der Waals surface area contributed by atoms with E-state index in [2.05, 4.69) is 0 Å². The van der Waals surface area contributed by atoms with Crippen molar-refractivity contribution in [2.45, 2.75) is 39.3 Å². The molecule has 0 radical (unpaired) electrons. The molecule has 0 aliphatic rings. The highest BCUT2D eigenvalue weighted by molar-refractivity contribution is 5.66. The second-order valence-electron chi connectivity index (χ2n) is 4.93. The molecule has 0 saturated heterocycles. The van der Waals surface area contributed by atoms with Gasteiger partial charge in [0, 0.05) is 19.0 Å². The van der Waals surface area contributed by atoms with Crippen LogP contribution in [0.5, 0.6) is 0 Å². The van der Waals surface area contributed by atoms with Crippen LogP contribution in [0, 0.1) is 17.5 Å². The molecule has 3 nitrogen and oxygen atoms in total. The van der Waals surface area contributed by atoms with Gasteiger partial charge in [0.1, 0.15) is 0 Å². The number of hydrogen-bond donors (Lipinski definition) is 1. The zero-order chi connectivity index (χ0) is 15.3. The van der Waals surface area contributed by atoms with E-state index in [9.17, 15) is 18.0 Å². The van der Waals surface area contributed by atoms with E-state index in [0.717, 1.165) is 12.1 Å². The van der Waals surface area contributed by atoms with Crippen molar-refractivity contribution in [3.8, 4) is 0 Å². The lowest BCUT2D eigenvalue weighted by atomic mass is 10.1. The van der Waals surface area contributed by atoms with Crippen molar-refractivity contribution in [2.24, 2.45) is 0 Å². The van der Waals surface area contributed by atoms with Gasteiger partial charge in [-0.3, -0.25) is 9.69 Å². The third-order valence-corrected chi connectivity index (χ3v) is 3.00. The largest absolute Gasteiger partial charge is 0.481 e. The maximum Gasteiger partial charge on any atom is 0.303 e. The zero-order valence-corrected chi connectivity index (χ0v) is 11.5. The summed E-state index contributed by atoms with van der Waals surface area (Å²) in [4.78, 5) is 12.4. The molecule has 0 aliphatic carbocycles. The molecular formula is C14H18F3NO2. The van der Waals surface area contributed by atoms with Crippen LogP contribution in [0.15, 0.2) is 12.1 Å². The number of aliphatic carboxylic acids is 1. The number of carboxylic acid groups (broad SMARTS) is 1. The van der Waals surface area contributed by atoms with Crippen LogP contribution in [-0.2, 0) is 11.3 Å². The van der Waals surface area contributed by atoms with E-state index in [4.69, 9.17) is 5.11 Å². The van der Waals surface area contributed by atoms with Gasteiger partial charge in [-0.2, -0.15) is 0 Å². The maximum atomic E-state index is 13.1. The summed E-state index contributed by atoms with van der Waals surface area (Å²) in [6, 6.07) is 2.01. The molecule has 6 heteroatoms. The van der Waals surface area contributed by atoms with Crippen molar-refractivity contribution in [3.05, 3.63) is 35.1 Å². The molecule has 1 aromatic rings. The molecule has 20 heavy (non-hydrogen) atoms. The molecule has 0 unspecified atom stereocenters. The summed E-state index contributed by atoms with van der Waals surface area (Å²) < 4.78 is 39.1. The van der Waals surface area contributed by atoms with E-state index in [1.54, 1.807) is 0 Å². The topological polar surface area (TPSA) is 40.5 Å². The minimum absolute atomic E-state index is 0.0371. The van der Waals surface area contributed by atoms with Gasteiger partial charge in [0.25, 0.3) is 0 Å². The van der Waals surface area contributed by atoms with Crippen LogP contribution in [0.1, 0.15) is 32.3 Å². The Kier molecular flexibility index (Phi) is 6.01. The zero-order valence-electron chi connectivity index (χ0n) is 11.5. The fourth-order valence-corrected chi connectivity index (χ4v) is 1.89. The van der Waals surface area contributed by atoms with E-state index in [0.29, 0.717) is 18.5 Å². The smallest absolute Gasteiger partial charge is 0.303 e. The van der Waals surface area contributed by atoms with Crippen LogP contribution >= 0.6 is 0 Å². The number of rotatable bonds is 7. The van der Waals surface area contributed by atoms with Gasteiger partial charge in [-0.05, 0) is 44.5 Å². The Hall–Kier alpha value is -1.56. The van der Waals surface area contributed by atoms with Gasteiger partial charge in [0.05, 0.1) is 0 Å². The second-order valence-corrected chi connectivity index (χ2v) is 4.93. The highest BCUT2D eigenvalue weighted by Crippen LogP contribution is 2.16. The highest BCUT2D eigenvalue weighted by Gasteiger charge is 2.15. The first-order valence-electron chi connectivity index (χ1n) is 6.40. The van der Waals surface area contributed by atoms with Crippen LogP contribution in [0.3, 0.4) is 0 Å². The number of carboxylic acids is 1. The Morgan fingerprint density at radius 2 is 1.80 bits per heavy atom. The van der Waals surface area contributed by atoms with Gasteiger partial charge >= 0.3 is 5.97 Å². The van der Waals surface area contributed by atoms with Crippen molar-refractivity contribution in [2.75, 3.05) is 6.54 Å².